The number of carboxylic acid groups (broad SMARTS) is 1. The van der Waals surface area contributed by atoms with Crippen molar-refractivity contribution in [1.29, 1.82) is 0 Å². The summed E-state index contributed by atoms with van der Waals surface area (Å²) in [6, 6.07) is 6.53. The van der Waals surface area contributed by atoms with Crippen LogP contribution >= 0.6 is 11.8 Å². The number of ether oxygens (including phenoxy) is 1. The molecule has 1 aromatic rings. The number of hydrogen-bond acceptors (Lipinski definition) is 5. The third kappa shape index (κ3) is 6.95. The van der Waals surface area contributed by atoms with Crippen LogP contribution in [0.5, 0.6) is 5.75 Å². The standard InChI is InChI=1S/C17H25NO4S/c1-17(2,3)12-5-7-13(8-6-12)22-11-15(19)18-14(16(20)21)9-10-23-4/h5-8,14H,9-11H2,1-4H3,(H,18,19)(H,20,21)/p-1/t14-/m1/s1. The fourth-order valence-electron chi connectivity index (χ4n) is 1.92. The van der Waals surface area contributed by atoms with E-state index < -0.39 is 17.9 Å². The Bertz CT molecular complexity index is 522. The summed E-state index contributed by atoms with van der Waals surface area (Å²) in [6.07, 6.45) is 2.20. The first-order valence-electron chi connectivity index (χ1n) is 7.46. The fraction of sp³-hybridized carbons (Fsp3) is 0.529. The number of amides is 1. The molecular formula is C17H24NO4S-. The lowest BCUT2D eigenvalue weighted by Gasteiger charge is -2.20. The quantitative estimate of drug-likeness (QED) is 0.774. The lowest BCUT2D eigenvalue weighted by molar-refractivity contribution is -0.308. The second kappa shape index (κ2) is 8.82. The van der Waals surface area contributed by atoms with Crippen LogP contribution in [0, 0.1) is 0 Å². The molecule has 0 aliphatic carbocycles. The maximum absolute atomic E-state index is 11.8. The Morgan fingerprint density at radius 1 is 1.26 bits per heavy atom. The van der Waals surface area contributed by atoms with Crippen molar-refractivity contribution in [3.8, 4) is 5.75 Å². The number of thioether (sulfide) groups is 1. The van der Waals surface area contributed by atoms with Gasteiger partial charge in [0.15, 0.2) is 6.61 Å². The molecule has 0 bridgehead atoms. The van der Waals surface area contributed by atoms with Gasteiger partial charge in [-0.25, -0.2) is 0 Å². The highest BCUT2D eigenvalue weighted by atomic mass is 32.2. The minimum absolute atomic E-state index is 0.0505. The van der Waals surface area contributed by atoms with E-state index in [0.717, 1.165) is 0 Å². The number of carbonyl (C=O) groups is 2. The van der Waals surface area contributed by atoms with Crippen LogP contribution < -0.4 is 15.2 Å². The normalized spacial score (nSPS) is 12.5. The van der Waals surface area contributed by atoms with Crippen LogP contribution in [0.15, 0.2) is 24.3 Å². The largest absolute Gasteiger partial charge is 0.548 e. The molecule has 6 heteroatoms. The maximum Gasteiger partial charge on any atom is 0.258 e. The van der Waals surface area contributed by atoms with Crippen LogP contribution in [0.3, 0.4) is 0 Å². The maximum atomic E-state index is 11.8. The molecule has 0 saturated carbocycles. The van der Waals surface area contributed by atoms with E-state index in [-0.39, 0.29) is 12.0 Å². The van der Waals surface area contributed by atoms with Crippen LogP contribution in [0.25, 0.3) is 0 Å². The number of carbonyl (C=O) groups excluding carboxylic acids is 2. The zero-order chi connectivity index (χ0) is 17.5. The van der Waals surface area contributed by atoms with E-state index in [1.54, 1.807) is 12.1 Å². The van der Waals surface area contributed by atoms with Gasteiger partial charge in [0.1, 0.15) is 5.75 Å². The molecule has 1 N–H and O–H groups in total. The highest BCUT2D eigenvalue weighted by Crippen LogP contribution is 2.24. The Morgan fingerprint density at radius 2 is 1.87 bits per heavy atom. The molecule has 0 unspecified atom stereocenters. The fourth-order valence-corrected chi connectivity index (χ4v) is 2.39. The summed E-state index contributed by atoms with van der Waals surface area (Å²) in [5.41, 5.74) is 1.22. The predicted octanol–water partition coefficient (Wildman–Crippen LogP) is 1.35. The van der Waals surface area contributed by atoms with E-state index in [9.17, 15) is 14.7 Å². The van der Waals surface area contributed by atoms with Gasteiger partial charge in [-0.3, -0.25) is 4.79 Å². The van der Waals surface area contributed by atoms with Gasteiger partial charge in [0.2, 0.25) is 0 Å². The molecule has 0 spiro atoms. The number of rotatable bonds is 8. The zero-order valence-corrected chi connectivity index (χ0v) is 14.9. The van der Waals surface area contributed by atoms with Gasteiger partial charge in [0.05, 0.1) is 12.0 Å². The number of nitrogens with one attached hydrogen (secondary N) is 1. The number of benzene rings is 1. The Labute approximate surface area is 141 Å². The van der Waals surface area contributed by atoms with E-state index in [4.69, 9.17) is 4.74 Å². The first-order chi connectivity index (χ1) is 10.7. The number of hydrogen-bond donors (Lipinski definition) is 1. The lowest BCUT2D eigenvalue weighted by Crippen LogP contribution is -2.49. The molecule has 0 radical (unpaired) electrons. The molecule has 23 heavy (non-hydrogen) atoms. The van der Waals surface area contributed by atoms with Crippen molar-refractivity contribution >= 4 is 23.6 Å². The average Bonchev–Trinajstić information content (AvgIpc) is 2.48. The monoisotopic (exact) mass is 338 g/mol. The van der Waals surface area contributed by atoms with E-state index in [2.05, 4.69) is 26.1 Å². The molecule has 1 atom stereocenters. The summed E-state index contributed by atoms with van der Waals surface area (Å²) >= 11 is 1.51. The molecule has 1 aromatic carbocycles. The van der Waals surface area contributed by atoms with Crippen molar-refractivity contribution in [1.82, 2.24) is 5.32 Å². The van der Waals surface area contributed by atoms with Crippen molar-refractivity contribution in [3.05, 3.63) is 29.8 Å². The molecule has 0 aromatic heterocycles. The molecule has 0 fully saturated rings. The summed E-state index contributed by atoms with van der Waals surface area (Å²) in [5.74, 6) is -0.544. The third-order valence-electron chi connectivity index (χ3n) is 3.32. The minimum atomic E-state index is -1.28. The molecule has 128 valence electrons. The number of aliphatic carboxylic acids is 1. The lowest BCUT2D eigenvalue weighted by atomic mass is 9.87. The smallest absolute Gasteiger partial charge is 0.258 e. The van der Waals surface area contributed by atoms with E-state index in [1.807, 2.05) is 18.4 Å². The topological polar surface area (TPSA) is 78.5 Å². The van der Waals surface area contributed by atoms with Crippen molar-refractivity contribution in [2.24, 2.45) is 0 Å². The van der Waals surface area contributed by atoms with Crippen LogP contribution in [0.1, 0.15) is 32.8 Å². The van der Waals surface area contributed by atoms with Gasteiger partial charge >= 0.3 is 0 Å². The molecule has 0 aliphatic rings. The second-order valence-corrected chi connectivity index (χ2v) is 7.27. The molecule has 0 saturated heterocycles. The van der Waals surface area contributed by atoms with Gasteiger partial charge in [0.25, 0.3) is 5.91 Å². The highest BCUT2D eigenvalue weighted by molar-refractivity contribution is 7.98. The van der Waals surface area contributed by atoms with Gasteiger partial charge in [-0.2, -0.15) is 11.8 Å². The van der Waals surface area contributed by atoms with Gasteiger partial charge in [-0.05, 0) is 41.5 Å². The molecule has 1 amide bonds. The Morgan fingerprint density at radius 3 is 2.35 bits per heavy atom. The van der Waals surface area contributed by atoms with Gasteiger partial charge in [-0.15, -0.1) is 0 Å². The molecule has 0 heterocycles. The van der Waals surface area contributed by atoms with Crippen LogP contribution in [0.4, 0.5) is 0 Å². The number of carboxylic acids is 1. The molecular weight excluding hydrogens is 314 g/mol. The average molecular weight is 338 g/mol. The summed E-state index contributed by atoms with van der Waals surface area (Å²) in [7, 11) is 0. The first-order valence-corrected chi connectivity index (χ1v) is 8.86. The van der Waals surface area contributed by atoms with E-state index in [1.165, 1.54) is 17.3 Å². The summed E-state index contributed by atoms with van der Waals surface area (Å²) in [4.78, 5) is 22.8. The second-order valence-electron chi connectivity index (χ2n) is 6.28. The summed E-state index contributed by atoms with van der Waals surface area (Å²) in [6.45, 7) is 6.12. The predicted molar refractivity (Wildman–Crippen MR) is 90.6 cm³/mol. The van der Waals surface area contributed by atoms with Crippen LogP contribution in [-0.2, 0) is 15.0 Å². The summed E-state index contributed by atoms with van der Waals surface area (Å²) in [5, 5.41) is 13.4. The van der Waals surface area contributed by atoms with Crippen molar-refractivity contribution in [2.45, 2.75) is 38.6 Å². The SMILES string of the molecule is CSCC[C@@H](NC(=O)COc1ccc(C(C)(C)C)cc1)C(=O)[O-]. The minimum Gasteiger partial charge on any atom is -0.548 e. The van der Waals surface area contributed by atoms with E-state index >= 15 is 0 Å². The molecule has 5 nitrogen and oxygen atoms in total. The first kappa shape index (κ1) is 19.4. The molecule has 0 aliphatic heterocycles. The zero-order valence-electron chi connectivity index (χ0n) is 14.0. The van der Waals surface area contributed by atoms with Crippen LogP contribution in [-0.4, -0.2) is 36.5 Å². The Balaban J connectivity index is 2.50. The van der Waals surface area contributed by atoms with Crippen molar-refractivity contribution in [3.63, 3.8) is 0 Å². The third-order valence-corrected chi connectivity index (χ3v) is 3.96. The van der Waals surface area contributed by atoms with Crippen molar-refractivity contribution in [2.75, 3.05) is 18.6 Å². The van der Waals surface area contributed by atoms with Gasteiger partial charge in [0, 0.05) is 0 Å². The highest BCUT2D eigenvalue weighted by Gasteiger charge is 2.15. The Hall–Kier alpha value is -1.69. The Kier molecular flexibility index (Phi) is 7.42. The summed E-state index contributed by atoms with van der Waals surface area (Å²) < 4.78 is 5.39. The van der Waals surface area contributed by atoms with Crippen LogP contribution in [0.2, 0.25) is 0 Å². The van der Waals surface area contributed by atoms with Gasteiger partial charge < -0.3 is 20.0 Å². The van der Waals surface area contributed by atoms with Gasteiger partial charge in [-0.1, -0.05) is 32.9 Å². The molecule has 1 rings (SSSR count). The van der Waals surface area contributed by atoms with Crippen molar-refractivity contribution < 1.29 is 19.4 Å². The van der Waals surface area contributed by atoms with E-state index in [0.29, 0.717) is 17.9 Å².